The molecule has 0 fully saturated rings. The summed E-state index contributed by atoms with van der Waals surface area (Å²) in [6, 6.07) is 5.99. The molecule has 0 aromatic heterocycles. The fourth-order valence-electron chi connectivity index (χ4n) is 3.64. The Morgan fingerprint density at radius 1 is 1.17 bits per heavy atom. The fourth-order valence-corrected chi connectivity index (χ4v) is 5.27. The summed E-state index contributed by atoms with van der Waals surface area (Å²) in [5.41, 5.74) is -3.59. The zero-order valence-corrected chi connectivity index (χ0v) is 20.2. The molecule has 9 nitrogen and oxygen atoms in total. The van der Waals surface area contributed by atoms with Gasteiger partial charge < -0.3 is 15.2 Å². The normalized spacial score (nSPS) is 16.1. The number of rotatable bonds is 6. The summed E-state index contributed by atoms with van der Waals surface area (Å²) in [5, 5.41) is 12.1. The van der Waals surface area contributed by atoms with Gasteiger partial charge in [0.25, 0.3) is 10.0 Å². The maximum absolute atomic E-state index is 13.7. The molecule has 2 amide bonds. The number of anilines is 2. The third-order valence-corrected chi connectivity index (χ3v) is 7.48. The number of nitrogens with zero attached hydrogens (tertiary/aromatic N) is 2. The zero-order valence-electron chi connectivity index (χ0n) is 19.3. The van der Waals surface area contributed by atoms with Gasteiger partial charge in [0.2, 0.25) is 5.91 Å². The van der Waals surface area contributed by atoms with Crippen LogP contribution in [0.15, 0.2) is 47.4 Å². The standard InChI is InChI=1S/C22H23F4N3O6S/c1-13(30)27-11-16-12-35-19-9-6-15(28(20(31)32)21(2,3)22(24,25)26)10-18(19)29(16)36(33,34)17-7-4-14(23)5-8-17/h4-10,16H,11-12H2,1-3H3,(H,27,30)(H,31,32)/t16-/m0/s1. The molecule has 3 rings (SSSR count). The minimum absolute atomic E-state index is 0.0429. The lowest BCUT2D eigenvalue weighted by Gasteiger charge is -2.40. The van der Waals surface area contributed by atoms with E-state index in [4.69, 9.17) is 4.74 Å². The van der Waals surface area contributed by atoms with Gasteiger partial charge in [-0.3, -0.25) is 14.0 Å². The van der Waals surface area contributed by atoms with Crippen molar-refractivity contribution in [3.05, 3.63) is 48.3 Å². The Kier molecular flexibility index (Phi) is 7.12. The Bertz CT molecular complexity index is 1270. The van der Waals surface area contributed by atoms with E-state index in [1.54, 1.807) is 0 Å². The number of hydrogen-bond acceptors (Lipinski definition) is 5. The largest absolute Gasteiger partial charge is 0.489 e. The van der Waals surface area contributed by atoms with Crippen molar-refractivity contribution >= 4 is 33.4 Å². The van der Waals surface area contributed by atoms with Gasteiger partial charge in [0.15, 0.2) is 0 Å². The molecule has 2 aromatic carbocycles. The molecule has 0 saturated heterocycles. The molecule has 1 atom stereocenters. The summed E-state index contributed by atoms with van der Waals surface area (Å²) >= 11 is 0. The summed E-state index contributed by atoms with van der Waals surface area (Å²) in [4.78, 5) is 23.1. The highest BCUT2D eigenvalue weighted by molar-refractivity contribution is 7.92. The van der Waals surface area contributed by atoms with Crippen molar-refractivity contribution < 1.29 is 45.4 Å². The van der Waals surface area contributed by atoms with Crippen LogP contribution in [-0.4, -0.2) is 56.4 Å². The second kappa shape index (κ2) is 9.48. The minimum atomic E-state index is -4.97. The number of hydrogen-bond donors (Lipinski definition) is 2. The zero-order chi connectivity index (χ0) is 27.1. The molecule has 0 spiro atoms. The molecule has 0 unspecified atom stereocenters. The number of carbonyl (C=O) groups is 2. The Morgan fingerprint density at radius 2 is 1.78 bits per heavy atom. The van der Waals surface area contributed by atoms with Crippen molar-refractivity contribution in [2.45, 2.75) is 43.4 Å². The first-order chi connectivity index (χ1) is 16.6. The van der Waals surface area contributed by atoms with E-state index in [1.807, 2.05) is 0 Å². The highest BCUT2D eigenvalue weighted by Gasteiger charge is 2.54. The van der Waals surface area contributed by atoms with Gasteiger partial charge >= 0.3 is 12.3 Å². The molecule has 14 heteroatoms. The fraction of sp³-hybridized carbons (Fsp3) is 0.364. The molecule has 2 aromatic rings. The van der Waals surface area contributed by atoms with Gasteiger partial charge in [-0.15, -0.1) is 0 Å². The van der Waals surface area contributed by atoms with Crippen molar-refractivity contribution in [1.82, 2.24) is 5.32 Å². The monoisotopic (exact) mass is 533 g/mol. The third kappa shape index (κ3) is 5.03. The van der Waals surface area contributed by atoms with E-state index in [-0.39, 0.29) is 34.4 Å². The molecule has 0 aliphatic carbocycles. The maximum Gasteiger partial charge on any atom is 0.412 e. The van der Waals surface area contributed by atoms with Crippen molar-refractivity contribution in [2.24, 2.45) is 0 Å². The summed E-state index contributed by atoms with van der Waals surface area (Å²) in [7, 11) is -4.47. The molecular formula is C22H23F4N3O6S. The van der Waals surface area contributed by atoms with Crippen molar-refractivity contribution in [3.8, 4) is 5.75 Å². The van der Waals surface area contributed by atoms with Crippen LogP contribution in [0.25, 0.3) is 0 Å². The van der Waals surface area contributed by atoms with Gasteiger partial charge in [0.05, 0.1) is 22.3 Å². The highest BCUT2D eigenvalue weighted by atomic mass is 32.2. The Hall–Kier alpha value is -3.55. The van der Waals surface area contributed by atoms with Gasteiger partial charge in [-0.1, -0.05) is 0 Å². The highest BCUT2D eigenvalue weighted by Crippen LogP contribution is 2.44. The number of carbonyl (C=O) groups excluding carboxylic acids is 1. The van der Waals surface area contributed by atoms with Gasteiger partial charge in [-0.25, -0.2) is 17.6 Å². The maximum atomic E-state index is 13.7. The minimum Gasteiger partial charge on any atom is -0.489 e. The summed E-state index contributed by atoms with van der Waals surface area (Å²) in [6.45, 7) is 2.09. The summed E-state index contributed by atoms with van der Waals surface area (Å²) < 4.78 is 88.2. The number of sulfonamides is 1. The van der Waals surface area contributed by atoms with Crippen LogP contribution in [0.3, 0.4) is 0 Å². The van der Waals surface area contributed by atoms with Gasteiger partial charge in [-0.2, -0.15) is 13.2 Å². The summed E-state index contributed by atoms with van der Waals surface area (Å²) in [5.74, 6) is -1.21. The van der Waals surface area contributed by atoms with Crippen LogP contribution >= 0.6 is 0 Å². The lowest BCUT2D eigenvalue weighted by atomic mass is 10.0. The van der Waals surface area contributed by atoms with Crippen molar-refractivity contribution in [1.29, 1.82) is 0 Å². The van der Waals surface area contributed by atoms with Crippen molar-refractivity contribution in [3.63, 3.8) is 0 Å². The Labute approximate surface area is 204 Å². The topological polar surface area (TPSA) is 116 Å². The van der Waals surface area contributed by atoms with Crippen LogP contribution in [0.5, 0.6) is 5.75 Å². The number of fused-ring (bicyclic) bond motifs is 1. The molecule has 36 heavy (non-hydrogen) atoms. The molecule has 2 N–H and O–H groups in total. The first kappa shape index (κ1) is 27.0. The molecule has 1 aliphatic heterocycles. The van der Waals surface area contributed by atoms with Gasteiger partial charge in [0.1, 0.15) is 23.7 Å². The lowest BCUT2D eigenvalue weighted by Crippen LogP contribution is -2.57. The number of amides is 2. The van der Waals surface area contributed by atoms with Crippen LogP contribution in [0, 0.1) is 5.82 Å². The lowest BCUT2D eigenvalue weighted by molar-refractivity contribution is -0.175. The second-order valence-electron chi connectivity index (χ2n) is 8.48. The number of nitrogens with one attached hydrogen (secondary N) is 1. The van der Waals surface area contributed by atoms with Gasteiger partial charge in [-0.05, 0) is 56.3 Å². The van der Waals surface area contributed by atoms with Gasteiger partial charge in [0, 0.05) is 13.5 Å². The number of alkyl halides is 3. The van der Waals surface area contributed by atoms with Crippen LogP contribution in [0.1, 0.15) is 20.8 Å². The van der Waals surface area contributed by atoms with E-state index >= 15 is 0 Å². The molecule has 1 heterocycles. The average Bonchev–Trinajstić information content (AvgIpc) is 2.76. The molecule has 0 radical (unpaired) electrons. The quantitative estimate of drug-likeness (QED) is 0.547. The van der Waals surface area contributed by atoms with Crippen LogP contribution in [-0.2, 0) is 14.8 Å². The molecule has 1 aliphatic rings. The summed E-state index contributed by atoms with van der Waals surface area (Å²) in [6.07, 6.45) is -6.89. The molecular weight excluding hydrogens is 510 g/mol. The Morgan fingerprint density at radius 3 is 2.31 bits per heavy atom. The van der Waals surface area contributed by atoms with E-state index in [0.717, 1.165) is 46.8 Å². The smallest absolute Gasteiger partial charge is 0.412 e. The van der Waals surface area contributed by atoms with E-state index in [1.165, 1.54) is 6.92 Å². The van der Waals surface area contributed by atoms with Crippen LogP contribution < -0.4 is 19.3 Å². The number of carboxylic acid groups (broad SMARTS) is 1. The third-order valence-electron chi connectivity index (χ3n) is 5.60. The van der Waals surface area contributed by atoms with Crippen LogP contribution in [0.4, 0.5) is 33.7 Å². The molecule has 0 bridgehead atoms. The Balaban J connectivity index is 2.21. The average molecular weight is 534 g/mol. The molecule has 0 saturated carbocycles. The van der Waals surface area contributed by atoms with E-state index in [9.17, 15) is 40.7 Å². The van der Waals surface area contributed by atoms with Crippen LogP contribution in [0.2, 0.25) is 0 Å². The van der Waals surface area contributed by atoms with E-state index in [0.29, 0.717) is 13.8 Å². The second-order valence-corrected chi connectivity index (χ2v) is 10.3. The number of ether oxygens (including phenoxy) is 1. The van der Waals surface area contributed by atoms with Crippen molar-refractivity contribution in [2.75, 3.05) is 22.4 Å². The van der Waals surface area contributed by atoms with E-state index < -0.39 is 51.3 Å². The molecule has 196 valence electrons. The van der Waals surface area contributed by atoms with E-state index in [2.05, 4.69) is 5.32 Å². The predicted octanol–water partition coefficient (Wildman–Crippen LogP) is 3.74. The first-order valence-corrected chi connectivity index (χ1v) is 11.9. The predicted molar refractivity (Wildman–Crippen MR) is 121 cm³/mol. The first-order valence-electron chi connectivity index (χ1n) is 10.5. The SMILES string of the molecule is CC(=O)NC[C@H]1COc2ccc(N(C(=O)O)C(C)(C)C(F)(F)F)cc2N1S(=O)(=O)c1ccc(F)cc1. The number of benzene rings is 2. The number of halogens is 4.